The molecule has 1 rings (SSSR count). The van der Waals surface area contributed by atoms with Gasteiger partial charge in [0.05, 0.1) is 13.1 Å². The molecule has 0 amide bonds. The Kier molecular flexibility index (Phi) is 9.42. The number of halogens is 4. The van der Waals surface area contributed by atoms with Gasteiger partial charge in [0.2, 0.25) is 0 Å². The molecule has 0 aliphatic carbocycles. The van der Waals surface area contributed by atoms with E-state index >= 15 is 0 Å². The van der Waals surface area contributed by atoms with E-state index in [0.717, 1.165) is 17.0 Å². The molecule has 1 aromatic carbocycles. The molecule has 3 N–H and O–H groups in total. The molecule has 126 valence electrons. The van der Waals surface area contributed by atoms with Gasteiger partial charge in [-0.2, -0.15) is 13.2 Å². The summed E-state index contributed by atoms with van der Waals surface area (Å²) in [5.74, 6) is 0.194. The molecule has 4 nitrogen and oxygen atoms in total. The van der Waals surface area contributed by atoms with Crippen molar-refractivity contribution in [3.8, 4) is 0 Å². The van der Waals surface area contributed by atoms with Gasteiger partial charge in [-0.05, 0) is 31.2 Å². The van der Waals surface area contributed by atoms with E-state index in [0.29, 0.717) is 0 Å². The van der Waals surface area contributed by atoms with Gasteiger partial charge in [0.25, 0.3) is 0 Å². The van der Waals surface area contributed by atoms with E-state index in [1.54, 1.807) is 0 Å². The largest absolute Gasteiger partial charge is 0.401 e. The third-order valence-corrected chi connectivity index (χ3v) is 2.85. The van der Waals surface area contributed by atoms with Crippen LogP contribution in [-0.4, -0.2) is 43.7 Å². The quantitative estimate of drug-likeness (QED) is 0.415. The summed E-state index contributed by atoms with van der Waals surface area (Å²) in [7, 11) is 1.40. The van der Waals surface area contributed by atoms with E-state index in [2.05, 4.69) is 17.2 Å². The van der Waals surface area contributed by atoms with E-state index in [4.69, 9.17) is 5.73 Å². The maximum absolute atomic E-state index is 12.1. The number of nitrogens with two attached hydrogens (primary N) is 1. The van der Waals surface area contributed by atoms with Crippen LogP contribution in [0.3, 0.4) is 0 Å². The standard InChI is InChI=1S/C14H21F3N4.HI/c1-3-11-4-6-12(7-5-11)20-13(18)19-8-9-21(2)10-14(15,16)17;/h4-7H,3,8-10H2,1-2H3,(H3,18,19,20);1H. The first-order chi connectivity index (χ1) is 9.80. The summed E-state index contributed by atoms with van der Waals surface area (Å²) >= 11 is 0. The predicted molar refractivity (Wildman–Crippen MR) is 94.9 cm³/mol. The fourth-order valence-electron chi connectivity index (χ4n) is 1.74. The van der Waals surface area contributed by atoms with Crippen molar-refractivity contribution in [2.45, 2.75) is 19.5 Å². The zero-order chi connectivity index (χ0) is 15.9. The van der Waals surface area contributed by atoms with Crippen LogP contribution in [0.25, 0.3) is 0 Å². The number of nitrogens with one attached hydrogen (secondary N) is 1. The Morgan fingerprint density at radius 3 is 2.36 bits per heavy atom. The number of benzene rings is 1. The molecule has 0 bridgehead atoms. The van der Waals surface area contributed by atoms with Crippen molar-refractivity contribution in [1.29, 1.82) is 0 Å². The number of anilines is 1. The molecule has 1 aromatic rings. The predicted octanol–water partition coefficient (Wildman–Crippen LogP) is 3.09. The molecule has 0 heterocycles. The summed E-state index contributed by atoms with van der Waals surface area (Å²) in [6, 6.07) is 7.73. The van der Waals surface area contributed by atoms with Crippen molar-refractivity contribution in [2.75, 3.05) is 32.0 Å². The van der Waals surface area contributed by atoms with Gasteiger partial charge in [-0.1, -0.05) is 19.1 Å². The number of hydrogen-bond donors (Lipinski definition) is 2. The van der Waals surface area contributed by atoms with E-state index in [-0.39, 0.29) is 43.0 Å². The van der Waals surface area contributed by atoms with Crippen LogP contribution in [0.1, 0.15) is 12.5 Å². The minimum absolute atomic E-state index is 0. The molecule has 0 atom stereocenters. The minimum Gasteiger partial charge on any atom is -0.370 e. The minimum atomic E-state index is -4.19. The van der Waals surface area contributed by atoms with Crippen LogP contribution < -0.4 is 11.1 Å². The second-order valence-electron chi connectivity index (χ2n) is 4.80. The summed E-state index contributed by atoms with van der Waals surface area (Å²) in [6.45, 7) is 1.51. The normalized spacial score (nSPS) is 12.2. The van der Waals surface area contributed by atoms with Gasteiger partial charge in [-0.25, -0.2) is 0 Å². The fourth-order valence-corrected chi connectivity index (χ4v) is 1.74. The maximum atomic E-state index is 12.1. The summed E-state index contributed by atoms with van der Waals surface area (Å²) in [5, 5.41) is 2.90. The third kappa shape index (κ3) is 9.08. The van der Waals surface area contributed by atoms with Crippen LogP contribution in [0.2, 0.25) is 0 Å². The highest BCUT2D eigenvalue weighted by Crippen LogP contribution is 2.15. The zero-order valence-corrected chi connectivity index (χ0v) is 15.0. The van der Waals surface area contributed by atoms with E-state index in [9.17, 15) is 13.2 Å². The average Bonchev–Trinajstić information content (AvgIpc) is 2.37. The molecule has 0 unspecified atom stereocenters. The molecule has 0 fully saturated rings. The number of aliphatic imine (C=N–C) groups is 1. The molecule has 0 saturated carbocycles. The van der Waals surface area contributed by atoms with Gasteiger partial charge < -0.3 is 11.1 Å². The molecule has 0 aromatic heterocycles. The van der Waals surface area contributed by atoms with Crippen molar-refractivity contribution in [3.05, 3.63) is 29.8 Å². The monoisotopic (exact) mass is 430 g/mol. The van der Waals surface area contributed by atoms with E-state index in [1.807, 2.05) is 24.3 Å². The molecule has 0 aliphatic rings. The molecular weight excluding hydrogens is 408 g/mol. The Bertz CT molecular complexity index is 460. The molecular formula is C14H22F3IN4. The number of guanidine groups is 1. The van der Waals surface area contributed by atoms with Crippen LogP contribution in [0.15, 0.2) is 29.3 Å². The second-order valence-corrected chi connectivity index (χ2v) is 4.80. The summed E-state index contributed by atoms with van der Waals surface area (Å²) in [6.07, 6.45) is -3.24. The number of aryl methyl sites for hydroxylation is 1. The van der Waals surface area contributed by atoms with E-state index < -0.39 is 12.7 Å². The Hall–Kier alpha value is -1.03. The van der Waals surface area contributed by atoms with Crippen molar-refractivity contribution in [2.24, 2.45) is 10.7 Å². The van der Waals surface area contributed by atoms with Gasteiger partial charge in [0, 0.05) is 12.2 Å². The SMILES string of the molecule is CCc1ccc(NC(N)=NCCN(C)CC(F)(F)F)cc1.I. The molecule has 0 radical (unpaired) electrons. The van der Waals surface area contributed by atoms with Crippen LogP contribution >= 0.6 is 24.0 Å². The lowest BCUT2D eigenvalue weighted by atomic mass is 10.1. The summed E-state index contributed by atoms with van der Waals surface area (Å²) in [4.78, 5) is 5.17. The van der Waals surface area contributed by atoms with Crippen LogP contribution in [0.4, 0.5) is 18.9 Å². The number of likely N-dealkylation sites (N-methyl/N-ethyl adjacent to an activating group) is 1. The number of hydrogen-bond acceptors (Lipinski definition) is 2. The Morgan fingerprint density at radius 1 is 1.27 bits per heavy atom. The maximum Gasteiger partial charge on any atom is 0.401 e. The van der Waals surface area contributed by atoms with Crippen molar-refractivity contribution < 1.29 is 13.2 Å². The molecule has 0 spiro atoms. The van der Waals surface area contributed by atoms with Gasteiger partial charge in [-0.15, -0.1) is 24.0 Å². The second kappa shape index (κ2) is 9.88. The topological polar surface area (TPSA) is 53.6 Å². The highest BCUT2D eigenvalue weighted by molar-refractivity contribution is 14.0. The lowest BCUT2D eigenvalue weighted by molar-refractivity contribution is -0.142. The lowest BCUT2D eigenvalue weighted by Gasteiger charge is -2.17. The summed E-state index contributed by atoms with van der Waals surface area (Å²) < 4.78 is 36.4. The zero-order valence-electron chi connectivity index (χ0n) is 12.7. The molecule has 8 heteroatoms. The Morgan fingerprint density at radius 2 is 1.86 bits per heavy atom. The highest BCUT2D eigenvalue weighted by Gasteiger charge is 2.28. The van der Waals surface area contributed by atoms with Crippen LogP contribution in [0, 0.1) is 0 Å². The molecule has 22 heavy (non-hydrogen) atoms. The van der Waals surface area contributed by atoms with Gasteiger partial charge >= 0.3 is 6.18 Å². The first-order valence-corrected chi connectivity index (χ1v) is 6.71. The Labute approximate surface area is 146 Å². The van der Waals surface area contributed by atoms with Crippen molar-refractivity contribution >= 4 is 35.6 Å². The molecule has 0 saturated heterocycles. The van der Waals surface area contributed by atoms with Gasteiger partial charge in [0.1, 0.15) is 0 Å². The van der Waals surface area contributed by atoms with Gasteiger partial charge in [-0.3, -0.25) is 9.89 Å². The lowest BCUT2D eigenvalue weighted by Crippen LogP contribution is -2.33. The van der Waals surface area contributed by atoms with Gasteiger partial charge in [0.15, 0.2) is 5.96 Å². The fraction of sp³-hybridized carbons (Fsp3) is 0.500. The van der Waals surface area contributed by atoms with Crippen LogP contribution in [-0.2, 0) is 6.42 Å². The smallest absolute Gasteiger partial charge is 0.370 e. The third-order valence-electron chi connectivity index (χ3n) is 2.85. The Balaban J connectivity index is 0.00000441. The van der Waals surface area contributed by atoms with Crippen LogP contribution in [0.5, 0.6) is 0 Å². The first kappa shape index (κ1) is 21.0. The number of rotatable bonds is 6. The van der Waals surface area contributed by atoms with Crippen molar-refractivity contribution in [1.82, 2.24) is 4.90 Å². The highest BCUT2D eigenvalue weighted by atomic mass is 127. The molecule has 0 aliphatic heterocycles. The van der Waals surface area contributed by atoms with E-state index in [1.165, 1.54) is 12.6 Å². The summed E-state index contributed by atoms with van der Waals surface area (Å²) in [5.41, 5.74) is 7.70. The average molecular weight is 430 g/mol. The van der Waals surface area contributed by atoms with Crippen molar-refractivity contribution in [3.63, 3.8) is 0 Å². The number of alkyl halides is 3. The number of nitrogens with zero attached hydrogens (tertiary/aromatic N) is 2. The first-order valence-electron chi connectivity index (χ1n) is 6.71.